The number of Topliss-reactive ketones (excluding diaryl/α,β-unsaturated/α-hetero) is 1. The molecule has 0 spiro atoms. The van der Waals surface area contributed by atoms with E-state index in [1.165, 1.54) is 23.1 Å². The van der Waals surface area contributed by atoms with E-state index in [-0.39, 0.29) is 11.0 Å². The lowest BCUT2D eigenvalue weighted by Gasteiger charge is -2.07. The number of thioether (sulfide) groups is 1. The highest BCUT2D eigenvalue weighted by Gasteiger charge is 2.26. The molecule has 2 rings (SSSR count). The van der Waals surface area contributed by atoms with Crippen LogP contribution in [0.25, 0.3) is 0 Å². The summed E-state index contributed by atoms with van der Waals surface area (Å²) >= 11 is 2.83. The molecule has 0 bridgehead atoms. The van der Waals surface area contributed by atoms with Crippen LogP contribution in [0.2, 0.25) is 0 Å². The number of aromatic nitrogens is 3. The number of ketones is 1. The molecule has 2 aromatic rings. The van der Waals surface area contributed by atoms with Crippen molar-refractivity contribution in [3.8, 4) is 0 Å². The third-order valence-electron chi connectivity index (χ3n) is 3.32. The highest BCUT2D eigenvalue weighted by Crippen LogP contribution is 2.29. The monoisotopic (exact) mass is 353 g/mol. The van der Waals surface area contributed by atoms with Crippen molar-refractivity contribution in [2.75, 3.05) is 6.61 Å². The first-order valence-corrected chi connectivity index (χ1v) is 8.92. The third kappa shape index (κ3) is 3.81. The Morgan fingerprint density at radius 2 is 2.00 bits per heavy atom. The topological polar surface area (TPSA) is 84.9 Å². The molecule has 0 saturated carbocycles. The van der Waals surface area contributed by atoms with Crippen molar-refractivity contribution in [2.24, 2.45) is 0 Å². The fourth-order valence-corrected chi connectivity index (χ4v) is 4.26. The van der Waals surface area contributed by atoms with Gasteiger partial charge in [0.05, 0.1) is 23.1 Å². The maximum absolute atomic E-state index is 12.7. The van der Waals surface area contributed by atoms with E-state index in [4.69, 9.17) is 4.74 Å². The number of ether oxygens (including phenoxy) is 1. The van der Waals surface area contributed by atoms with Crippen molar-refractivity contribution < 1.29 is 14.3 Å². The predicted molar refractivity (Wildman–Crippen MR) is 90.5 cm³/mol. The zero-order valence-electron chi connectivity index (χ0n) is 13.7. The lowest BCUT2D eigenvalue weighted by atomic mass is 10.1. The average molecular weight is 353 g/mol. The zero-order valence-corrected chi connectivity index (χ0v) is 15.4. The van der Waals surface area contributed by atoms with E-state index in [0.29, 0.717) is 29.1 Å². The second kappa shape index (κ2) is 7.27. The Bertz CT molecular complexity index is 736. The van der Waals surface area contributed by atoms with Gasteiger partial charge in [-0.1, -0.05) is 23.1 Å². The van der Waals surface area contributed by atoms with Crippen molar-refractivity contribution in [2.45, 2.75) is 44.2 Å². The highest BCUT2D eigenvalue weighted by atomic mass is 32.2. The molecular weight excluding hydrogens is 334 g/mol. The summed E-state index contributed by atoms with van der Waals surface area (Å²) in [6.45, 7) is 9.28. The molecule has 2 heterocycles. The van der Waals surface area contributed by atoms with Crippen LogP contribution >= 0.6 is 23.1 Å². The van der Waals surface area contributed by atoms with Crippen molar-refractivity contribution in [1.29, 1.82) is 0 Å². The quantitative estimate of drug-likeness (QED) is 0.487. The van der Waals surface area contributed by atoms with Crippen molar-refractivity contribution in [1.82, 2.24) is 15.2 Å². The summed E-state index contributed by atoms with van der Waals surface area (Å²) in [4.78, 5) is 27.7. The van der Waals surface area contributed by atoms with Gasteiger partial charge in [-0.2, -0.15) is 0 Å². The number of aryl methyl sites for hydroxylation is 2. The Morgan fingerprint density at radius 3 is 2.57 bits per heavy atom. The van der Waals surface area contributed by atoms with Gasteiger partial charge in [-0.05, 0) is 40.2 Å². The van der Waals surface area contributed by atoms with Crippen LogP contribution in [0.1, 0.15) is 51.0 Å². The molecule has 0 aliphatic carbocycles. The molecule has 0 aliphatic heterocycles. The van der Waals surface area contributed by atoms with E-state index >= 15 is 0 Å². The fourth-order valence-electron chi connectivity index (χ4n) is 2.24. The van der Waals surface area contributed by atoms with Crippen LogP contribution in [0, 0.1) is 20.8 Å². The van der Waals surface area contributed by atoms with E-state index in [9.17, 15) is 9.59 Å². The first kappa shape index (κ1) is 17.7. The molecular formula is C15H19N3O3S2. The SMILES string of the molecule is CCOC(=O)c1c(C)[nH]c(C(=O)[C@@H](C)Sc2nnc(C)s2)c1C. The zero-order chi connectivity index (χ0) is 17.1. The standard InChI is InChI=1S/C15H19N3O3S2/c1-6-21-14(20)11-7(2)12(16-8(11)3)13(19)9(4)22-15-18-17-10(5)23-15/h9,16H,6H2,1-5H3/t9-/m1/s1. The largest absolute Gasteiger partial charge is 0.462 e. The van der Waals surface area contributed by atoms with Gasteiger partial charge >= 0.3 is 5.97 Å². The Labute approximate surface area is 143 Å². The number of carbonyl (C=O) groups is 2. The molecule has 6 nitrogen and oxygen atoms in total. The number of nitrogens with one attached hydrogen (secondary N) is 1. The second-order valence-electron chi connectivity index (χ2n) is 5.06. The molecule has 0 aliphatic rings. The molecule has 0 saturated heterocycles. The summed E-state index contributed by atoms with van der Waals surface area (Å²) in [5, 5.41) is 8.51. The number of rotatable bonds is 6. The minimum atomic E-state index is -0.405. The fraction of sp³-hybridized carbons (Fsp3) is 0.467. The van der Waals surface area contributed by atoms with E-state index in [1.54, 1.807) is 20.8 Å². The van der Waals surface area contributed by atoms with Crippen molar-refractivity contribution >= 4 is 34.9 Å². The number of H-pyrrole nitrogens is 1. The van der Waals surface area contributed by atoms with Crippen LogP contribution in [0.3, 0.4) is 0 Å². The summed E-state index contributed by atoms with van der Waals surface area (Å²) in [7, 11) is 0. The first-order chi connectivity index (χ1) is 10.8. The minimum Gasteiger partial charge on any atom is -0.462 e. The van der Waals surface area contributed by atoms with Gasteiger partial charge in [0, 0.05) is 5.69 Å². The Kier molecular flexibility index (Phi) is 5.59. The molecule has 8 heteroatoms. The number of nitrogens with zero attached hydrogens (tertiary/aromatic N) is 2. The van der Waals surface area contributed by atoms with E-state index in [0.717, 1.165) is 9.35 Å². The molecule has 23 heavy (non-hydrogen) atoms. The van der Waals surface area contributed by atoms with Crippen LogP contribution in [-0.2, 0) is 4.74 Å². The lowest BCUT2D eigenvalue weighted by Crippen LogP contribution is -2.15. The number of hydrogen-bond donors (Lipinski definition) is 1. The molecule has 0 radical (unpaired) electrons. The lowest BCUT2D eigenvalue weighted by molar-refractivity contribution is 0.0525. The summed E-state index contributed by atoms with van der Waals surface area (Å²) in [5.41, 5.74) is 2.17. The molecule has 0 amide bonds. The van der Waals surface area contributed by atoms with Gasteiger partial charge in [0.2, 0.25) is 0 Å². The molecule has 0 aromatic carbocycles. The van der Waals surface area contributed by atoms with Gasteiger partial charge in [0.15, 0.2) is 10.1 Å². The van der Waals surface area contributed by atoms with Gasteiger partial charge in [-0.25, -0.2) is 4.79 Å². The number of carbonyl (C=O) groups excluding carboxylic acids is 2. The van der Waals surface area contributed by atoms with E-state index in [2.05, 4.69) is 15.2 Å². The predicted octanol–water partition coefficient (Wildman–Crippen LogP) is 3.33. The number of hydrogen-bond acceptors (Lipinski definition) is 7. The third-order valence-corrected chi connectivity index (χ3v) is 5.34. The molecule has 2 aromatic heterocycles. The van der Waals surface area contributed by atoms with Gasteiger partial charge in [-0.3, -0.25) is 4.79 Å². The van der Waals surface area contributed by atoms with Gasteiger partial charge in [0.1, 0.15) is 5.01 Å². The van der Waals surface area contributed by atoms with Crippen LogP contribution < -0.4 is 0 Å². The summed E-state index contributed by atoms with van der Waals surface area (Å²) in [6, 6.07) is 0. The Morgan fingerprint density at radius 1 is 1.30 bits per heavy atom. The molecule has 0 unspecified atom stereocenters. The minimum absolute atomic E-state index is 0.0704. The second-order valence-corrected chi connectivity index (χ2v) is 7.83. The van der Waals surface area contributed by atoms with Crippen molar-refractivity contribution in [3.05, 3.63) is 27.5 Å². The maximum Gasteiger partial charge on any atom is 0.340 e. The van der Waals surface area contributed by atoms with Gasteiger partial charge < -0.3 is 9.72 Å². The Hall–Kier alpha value is -1.67. The normalized spacial score (nSPS) is 12.2. The average Bonchev–Trinajstić information content (AvgIpc) is 3.01. The van der Waals surface area contributed by atoms with Gasteiger partial charge in [0.25, 0.3) is 0 Å². The first-order valence-electron chi connectivity index (χ1n) is 7.22. The van der Waals surface area contributed by atoms with E-state index < -0.39 is 5.97 Å². The summed E-state index contributed by atoms with van der Waals surface area (Å²) in [6.07, 6.45) is 0. The number of aromatic amines is 1. The molecule has 1 N–H and O–H groups in total. The van der Waals surface area contributed by atoms with Crippen LogP contribution in [0.15, 0.2) is 4.34 Å². The van der Waals surface area contributed by atoms with Crippen LogP contribution in [0.4, 0.5) is 0 Å². The van der Waals surface area contributed by atoms with Crippen molar-refractivity contribution in [3.63, 3.8) is 0 Å². The summed E-state index contributed by atoms with van der Waals surface area (Å²) < 4.78 is 5.81. The van der Waals surface area contributed by atoms with E-state index in [1.807, 2.05) is 13.8 Å². The molecule has 1 atom stereocenters. The molecule has 0 fully saturated rings. The maximum atomic E-state index is 12.7. The molecule has 124 valence electrons. The van der Waals surface area contributed by atoms with Crippen LogP contribution in [0.5, 0.6) is 0 Å². The smallest absolute Gasteiger partial charge is 0.340 e. The number of esters is 1. The van der Waals surface area contributed by atoms with Gasteiger partial charge in [-0.15, -0.1) is 10.2 Å². The highest BCUT2D eigenvalue weighted by molar-refractivity contribution is 8.02. The summed E-state index contributed by atoms with van der Waals surface area (Å²) in [5.74, 6) is -0.475. The Balaban J connectivity index is 2.22. The van der Waals surface area contributed by atoms with Crippen LogP contribution in [-0.4, -0.2) is 38.8 Å².